The molecule has 0 spiro atoms. The molecule has 2 aromatic carbocycles. The Bertz CT molecular complexity index is 848. The van der Waals surface area contributed by atoms with E-state index in [4.69, 9.17) is 28.9 Å². The van der Waals surface area contributed by atoms with Gasteiger partial charge in [0.1, 0.15) is 0 Å². The van der Waals surface area contributed by atoms with E-state index < -0.39 is 0 Å². The van der Waals surface area contributed by atoms with Crippen LogP contribution in [0.5, 0.6) is 0 Å². The van der Waals surface area contributed by atoms with Gasteiger partial charge in [-0.15, -0.1) is 6.58 Å². The second-order valence-electron chi connectivity index (χ2n) is 7.66. The topological polar surface area (TPSA) is 46.3 Å². The second-order valence-corrected chi connectivity index (χ2v) is 8.53. The highest BCUT2D eigenvalue weighted by Gasteiger charge is 2.44. The molecule has 1 aliphatic heterocycles. The lowest BCUT2D eigenvalue weighted by molar-refractivity contribution is -0.146. The van der Waals surface area contributed by atoms with E-state index in [-0.39, 0.29) is 29.8 Å². The van der Waals surface area contributed by atoms with E-state index in [0.29, 0.717) is 23.0 Å². The van der Waals surface area contributed by atoms with Crippen LogP contribution in [0.3, 0.4) is 0 Å². The van der Waals surface area contributed by atoms with E-state index in [0.717, 1.165) is 24.0 Å². The number of benzene rings is 2. The minimum absolute atomic E-state index is 0.0301. The molecule has 2 aromatic rings. The van der Waals surface area contributed by atoms with E-state index in [2.05, 4.69) is 19.6 Å². The lowest BCUT2D eigenvalue weighted by Crippen LogP contribution is -2.53. The van der Waals surface area contributed by atoms with Gasteiger partial charge in [-0.25, -0.2) is 0 Å². The maximum absolute atomic E-state index is 13.5. The standard InChI is InChI=1S/C24H28Cl2N2O/c1-3-6-18-14-22(17-7-5-8-20(26)13-17)23(16-9-11-19(25)12-10-16)28(24(18)29)21(4-2)15-27/h3,5,7-13,18,21-23H,1,4,6,14-15,27H2,2H3/t18-,21?,22+,23+/m0/s1. The highest BCUT2D eigenvalue weighted by molar-refractivity contribution is 6.30. The molecule has 154 valence electrons. The summed E-state index contributed by atoms with van der Waals surface area (Å²) in [7, 11) is 0. The zero-order chi connectivity index (χ0) is 21.0. The molecule has 1 aliphatic rings. The summed E-state index contributed by atoms with van der Waals surface area (Å²) in [5.41, 5.74) is 8.31. The highest BCUT2D eigenvalue weighted by Crippen LogP contribution is 2.47. The molecule has 0 aromatic heterocycles. The molecule has 0 bridgehead atoms. The van der Waals surface area contributed by atoms with Crippen LogP contribution in [0.1, 0.15) is 49.3 Å². The van der Waals surface area contributed by atoms with Crippen molar-refractivity contribution >= 4 is 29.1 Å². The number of carbonyl (C=O) groups excluding carboxylic acids is 1. The molecular weight excluding hydrogens is 403 g/mol. The van der Waals surface area contributed by atoms with Crippen molar-refractivity contribution in [1.29, 1.82) is 0 Å². The highest BCUT2D eigenvalue weighted by atomic mass is 35.5. The number of nitrogens with zero attached hydrogens (tertiary/aromatic N) is 1. The molecule has 0 radical (unpaired) electrons. The first-order valence-electron chi connectivity index (χ1n) is 10.1. The normalized spacial score (nSPS) is 23.1. The van der Waals surface area contributed by atoms with Crippen LogP contribution in [0.2, 0.25) is 10.0 Å². The fourth-order valence-electron chi connectivity index (χ4n) is 4.47. The maximum atomic E-state index is 13.5. The lowest BCUT2D eigenvalue weighted by Gasteiger charge is -2.48. The Labute approximate surface area is 183 Å². The first kappa shape index (κ1) is 21.9. The summed E-state index contributed by atoms with van der Waals surface area (Å²) in [6.07, 6.45) is 4.04. The predicted octanol–water partition coefficient (Wildman–Crippen LogP) is 5.98. The average molecular weight is 431 g/mol. The maximum Gasteiger partial charge on any atom is 0.226 e. The van der Waals surface area contributed by atoms with Gasteiger partial charge < -0.3 is 10.6 Å². The number of allylic oxidation sites excluding steroid dienone is 1. The third-order valence-electron chi connectivity index (χ3n) is 5.90. The van der Waals surface area contributed by atoms with Gasteiger partial charge in [-0.2, -0.15) is 0 Å². The fraction of sp³-hybridized carbons (Fsp3) is 0.375. The third kappa shape index (κ3) is 4.69. The minimum Gasteiger partial charge on any atom is -0.331 e. The number of hydrogen-bond donors (Lipinski definition) is 1. The molecule has 29 heavy (non-hydrogen) atoms. The van der Waals surface area contributed by atoms with Crippen molar-refractivity contribution < 1.29 is 4.79 Å². The second kappa shape index (κ2) is 9.80. The van der Waals surface area contributed by atoms with Crippen LogP contribution < -0.4 is 5.73 Å². The summed E-state index contributed by atoms with van der Waals surface area (Å²) < 4.78 is 0. The number of nitrogens with two attached hydrogens (primary N) is 1. The van der Waals surface area contributed by atoms with Crippen LogP contribution >= 0.6 is 23.2 Å². The smallest absolute Gasteiger partial charge is 0.226 e. The van der Waals surface area contributed by atoms with Crippen molar-refractivity contribution in [3.05, 3.63) is 82.4 Å². The summed E-state index contributed by atoms with van der Waals surface area (Å²) in [4.78, 5) is 15.6. The quantitative estimate of drug-likeness (QED) is 0.548. The SMILES string of the molecule is C=CC[C@H]1C[C@H](c2cccc(Cl)c2)[C@@H](c2ccc(Cl)cc2)N(C(CC)CN)C1=O. The minimum atomic E-state index is -0.118. The average Bonchev–Trinajstić information content (AvgIpc) is 2.72. The van der Waals surface area contributed by atoms with E-state index in [1.807, 2.05) is 53.4 Å². The number of carbonyl (C=O) groups is 1. The molecule has 4 atom stereocenters. The van der Waals surface area contributed by atoms with Gasteiger partial charge in [0.05, 0.1) is 6.04 Å². The number of rotatable bonds is 7. The molecule has 3 rings (SSSR count). The molecule has 3 nitrogen and oxygen atoms in total. The van der Waals surface area contributed by atoms with Crippen LogP contribution in [0.25, 0.3) is 0 Å². The first-order valence-corrected chi connectivity index (χ1v) is 10.9. The van der Waals surface area contributed by atoms with Gasteiger partial charge in [0.15, 0.2) is 0 Å². The summed E-state index contributed by atoms with van der Waals surface area (Å²) >= 11 is 12.5. The van der Waals surface area contributed by atoms with Crippen molar-refractivity contribution in [2.24, 2.45) is 11.7 Å². The van der Waals surface area contributed by atoms with Gasteiger partial charge in [-0.1, -0.05) is 60.5 Å². The third-order valence-corrected chi connectivity index (χ3v) is 6.39. The van der Waals surface area contributed by atoms with Crippen LogP contribution in [0.15, 0.2) is 61.2 Å². The number of likely N-dealkylation sites (tertiary alicyclic amines) is 1. The van der Waals surface area contributed by atoms with E-state index >= 15 is 0 Å². The van der Waals surface area contributed by atoms with Crippen LogP contribution in [0, 0.1) is 5.92 Å². The molecule has 1 saturated heterocycles. The van der Waals surface area contributed by atoms with Gasteiger partial charge in [0.2, 0.25) is 5.91 Å². The van der Waals surface area contributed by atoms with Gasteiger partial charge in [0, 0.05) is 34.5 Å². The Morgan fingerprint density at radius 3 is 2.48 bits per heavy atom. The van der Waals surface area contributed by atoms with Crippen molar-refractivity contribution in [2.75, 3.05) is 6.54 Å². The van der Waals surface area contributed by atoms with Crippen molar-refractivity contribution in [3.63, 3.8) is 0 Å². The number of hydrogen-bond acceptors (Lipinski definition) is 2. The van der Waals surface area contributed by atoms with E-state index in [1.54, 1.807) is 0 Å². The lowest BCUT2D eigenvalue weighted by atomic mass is 9.74. The van der Waals surface area contributed by atoms with Crippen molar-refractivity contribution in [1.82, 2.24) is 4.90 Å². The van der Waals surface area contributed by atoms with Crippen molar-refractivity contribution in [3.8, 4) is 0 Å². The van der Waals surface area contributed by atoms with Gasteiger partial charge in [-0.05, 0) is 54.7 Å². The molecule has 1 fully saturated rings. The molecule has 2 N–H and O–H groups in total. The fourth-order valence-corrected chi connectivity index (χ4v) is 4.79. The van der Waals surface area contributed by atoms with Crippen LogP contribution in [0.4, 0.5) is 0 Å². The molecular formula is C24H28Cl2N2O. The summed E-state index contributed by atoms with van der Waals surface area (Å²) in [5, 5.41) is 1.38. The van der Waals surface area contributed by atoms with E-state index in [1.165, 1.54) is 0 Å². The zero-order valence-corrected chi connectivity index (χ0v) is 18.2. The molecule has 1 unspecified atom stereocenters. The molecule has 1 amide bonds. The van der Waals surface area contributed by atoms with Gasteiger partial charge >= 0.3 is 0 Å². The van der Waals surface area contributed by atoms with Crippen LogP contribution in [-0.2, 0) is 4.79 Å². The number of amides is 1. The van der Waals surface area contributed by atoms with E-state index in [9.17, 15) is 4.79 Å². The Hall–Kier alpha value is -1.81. The Balaban J connectivity index is 2.16. The summed E-state index contributed by atoms with van der Waals surface area (Å²) in [6, 6.07) is 15.6. The zero-order valence-electron chi connectivity index (χ0n) is 16.7. The molecule has 0 aliphatic carbocycles. The first-order chi connectivity index (χ1) is 14.0. The monoisotopic (exact) mass is 430 g/mol. The molecule has 1 heterocycles. The largest absolute Gasteiger partial charge is 0.331 e. The van der Waals surface area contributed by atoms with Gasteiger partial charge in [-0.3, -0.25) is 4.79 Å². The van der Waals surface area contributed by atoms with Crippen LogP contribution in [-0.4, -0.2) is 23.4 Å². The van der Waals surface area contributed by atoms with Gasteiger partial charge in [0.25, 0.3) is 0 Å². The number of halogens is 2. The predicted molar refractivity (Wildman–Crippen MR) is 121 cm³/mol. The Morgan fingerprint density at radius 1 is 1.17 bits per heavy atom. The Morgan fingerprint density at radius 2 is 1.90 bits per heavy atom. The Kier molecular flexibility index (Phi) is 7.39. The summed E-state index contributed by atoms with van der Waals surface area (Å²) in [5.74, 6) is 0.152. The van der Waals surface area contributed by atoms with Crippen molar-refractivity contribution in [2.45, 2.75) is 44.2 Å². The number of piperidine rings is 1. The molecule has 0 saturated carbocycles. The molecule has 5 heteroatoms. The summed E-state index contributed by atoms with van der Waals surface area (Å²) in [6.45, 7) is 6.37.